The number of anilines is 3. The molecule has 0 amide bonds. The second-order valence-corrected chi connectivity index (χ2v) is 13.5. The first-order valence-electron chi connectivity index (χ1n) is 16.9. The quantitative estimate of drug-likeness (QED) is 0.179. The molecule has 0 saturated heterocycles. The molecule has 1 nitrogen and oxygen atoms in total. The molecule has 0 bridgehead atoms. The number of nitrogens with zero attached hydrogens (tertiary/aromatic N) is 1. The Morgan fingerprint density at radius 2 is 0.938 bits per heavy atom. The first-order chi connectivity index (χ1) is 23.4. The van der Waals surface area contributed by atoms with Crippen LogP contribution in [0.3, 0.4) is 0 Å². The minimum atomic E-state index is -0.0836. The summed E-state index contributed by atoms with van der Waals surface area (Å²) in [6.45, 7) is 9.15. The molecule has 0 atom stereocenters. The molecule has 0 saturated carbocycles. The Hall–Kier alpha value is -5.66. The third-order valence-corrected chi connectivity index (χ3v) is 10.2. The molecule has 0 spiro atoms. The lowest BCUT2D eigenvalue weighted by molar-refractivity contribution is 0.660. The molecule has 0 N–H and O–H groups in total. The van der Waals surface area contributed by atoms with Gasteiger partial charge in [0.05, 0.1) is 0 Å². The van der Waals surface area contributed by atoms with Crippen LogP contribution < -0.4 is 4.90 Å². The number of fused-ring (bicyclic) bond motifs is 3. The number of hydrogen-bond acceptors (Lipinski definition) is 1. The van der Waals surface area contributed by atoms with Crippen LogP contribution in [0.5, 0.6) is 0 Å². The molecule has 0 aliphatic heterocycles. The van der Waals surface area contributed by atoms with Gasteiger partial charge in [0.15, 0.2) is 0 Å². The molecule has 8 rings (SSSR count). The van der Waals surface area contributed by atoms with Crippen molar-refractivity contribution in [3.63, 3.8) is 0 Å². The van der Waals surface area contributed by atoms with Gasteiger partial charge in [-0.1, -0.05) is 141 Å². The van der Waals surface area contributed by atoms with Gasteiger partial charge in [0.25, 0.3) is 0 Å². The van der Waals surface area contributed by atoms with Gasteiger partial charge in [0.1, 0.15) is 0 Å². The van der Waals surface area contributed by atoms with E-state index in [1.54, 1.807) is 0 Å². The lowest BCUT2D eigenvalue weighted by Gasteiger charge is -2.28. The number of hydrogen-bond donors (Lipinski definition) is 0. The SMILES string of the molecule is Cc1ccccc1-c1cccc(-c2cccc(N(c3ccc(-c4ccccc4)cc3)c3ccc4c(c3)C(C)(C)c3ccccc3-4)c2)c1C. The van der Waals surface area contributed by atoms with E-state index in [2.05, 4.69) is 196 Å². The van der Waals surface area contributed by atoms with Gasteiger partial charge >= 0.3 is 0 Å². The highest BCUT2D eigenvalue weighted by atomic mass is 15.1. The molecule has 0 heterocycles. The number of benzene rings is 7. The lowest BCUT2D eigenvalue weighted by atomic mass is 9.82. The third kappa shape index (κ3) is 5.04. The van der Waals surface area contributed by atoms with E-state index in [9.17, 15) is 0 Å². The Labute approximate surface area is 284 Å². The van der Waals surface area contributed by atoms with Gasteiger partial charge in [-0.2, -0.15) is 0 Å². The molecular weight excluding hydrogens is 579 g/mol. The van der Waals surface area contributed by atoms with Gasteiger partial charge in [0.2, 0.25) is 0 Å². The highest BCUT2D eigenvalue weighted by molar-refractivity contribution is 5.87. The van der Waals surface area contributed by atoms with E-state index in [0.717, 1.165) is 17.1 Å². The van der Waals surface area contributed by atoms with Crippen LogP contribution in [-0.4, -0.2) is 0 Å². The highest BCUT2D eigenvalue weighted by Gasteiger charge is 2.35. The summed E-state index contributed by atoms with van der Waals surface area (Å²) in [6, 6.07) is 59.9. The predicted octanol–water partition coefficient (Wildman–Crippen LogP) is 13.1. The second-order valence-electron chi connectivity index (χ2n) is 13.5. The van der Waals surface area contributed by atoms with Gasteiger partial charge in [-0.05, 0) is 117 Å². The zero-order chi connectivity index (χ0) is 32.8. The van der Waals surface area contributed by atoms with Crippen molar-refractivity contribution in [1.82, 2.24) is 0 Å². The van der Waals surface area contributed by atoms with E-state index in [-0.39, 0.29) is 5.41 Å². The first-order valence-corrected chi connectivity index (χ1v) is 16.9. The average molecular weight is 618 g/mol. The fourth-order valence-electron chi connectivity index (χ4n) is 7.64. The zero-order valence-corrected chi connectivity index (χ0v) is 28.0. The maximum Gasteiger partial charge on any atom is 0.0467 e. The first kappa shape index (κ1) is 29.7. The molecule has 0 aromatic heterocycles. The summed E-state index contributed by atoms with van der Waals surface area (Å²) in [5.74, 6) is 0. The maximum atomic E-state index is 2.41. The lowest BCUT2D eigenvalue weighted by Crippen LogP contribution is -2.16. The normalized spacial score (nSPS) is 12.8. The Bertz CT molecular complexity index is 2270. The molecule has 0 fully saturated rings. The van der Waals surface area contributed by atoms with Gasteiger partial charge in [0, 0.05) is 22.5 Å². The minimum absolute atomic E-state index is 0.0836. The molecule has 232 valence electrons. The fraction of sp³-hybridized carbons (Fsp3) is 0.106. The molecule has 7 aromatic carbocycles. The number of aryl methyl sites for hydroxylation is 1. The molecule has 0 radical (unpaired) electrons. The van der Waals surface area contributed by atoms with E-state index in [1.165, 1.54) is 66.8 Å². The van der Waals surface area contributed by atoms with Gasteiger partial charge < -0.3 is 4.90 Å². The van der Waals surface area contributed by atoms with Crippen LogP contribution in [0.2, 0.25) is 0 Å². The summed E-state index contributed by atoms with van der Waals surface area (Å²) in [5, 5.41) is 0. The van der Waals surface area contributed by atoms with Crippen molar-refractivity contribution < 1.29 is 0 Å². The van der Waals surface area contributed by atoms with Crippen LogP contribution in [0.15, 0.2) is 164 Å². The van der Waals surface area contributed by atoms with E-state index in [4.69, 9.17) is 0 Å². The second kappa shape index (κ2) is 11.9. The Morgan fingerprint density at radius 1 is 0.375 bits per heavy atom. The molecule has 1 aliphatic rings. The average Bonchev–Trinajstić information content (AvgIpc) is 3.35. The molecule has 0 unspecified atom stereocenters. The van der Waals surface area contributed by atoms with Crippen molar-refractivity contribution in [3.05, 3.63) is 186 Å². The van der Waals surface area contributed by atoms with E-state index >= 15 is 0 Å². The Kier molecular flexibility index (Phi) is 7.34. The maximum absolute atomic E-state index is 2.41. The number of rotatable bonds is 6. The molecule has 48 heavy (non-hydrogen) atoms. The Balaban J connectivity index is 1.27. The van der Waals surface area contributed by atoms with Crippen LogP contribution in [0.25, 0.3) is 44.5 Å². The summed E-state index contributed by atoms with van der Waals surface area (Å²) in [7, 11) is 0. The summed E-state index contributed by atoms with van der Waals surface area (Å²) < 4.78 is 0. The largest absolute Gasteiger partial charge is 0.310 e. The summed E-state index contributed by atoms with van der Waals surface area (Å²) >= 11 is 0. The van der Waals surface area contributed by atoms with Crippen molar-refractivity contribution in [1.29, 1.82) is 0 Å². The van der Waals surface area contributed by atoms with Crippen molar-refractivity contribution >= 4 is 17.1 Å². The monoisotopic (exact) mass is 617 g/mol. The summed E-state index contributed by atoms with van der Waals surface area (Å²) in [6.07, 6.45) is 0. The van der Waals surface area contributed by atoms with Crippen LogP contribution in [0, 0.1) is 13.8 Å². The standard InChI is InChI=1S/C47H39N/c1-32-14-8-9-19-40(32)42-22-13-21-41(33(42)2)36-17-12-18-38(30-36)48(37-26-24-35(25-27-37)34-15-6-5-7-16-34)39-28-29-44-43-20-10-11-23-45(43)47(3,4)46(44)31-39/h5-31H,1-4H3. The van der Waals surface area contributed by atoms with Crippen molar-refractivity contribution in [2.75, 3.05) is 4.90 Å². The van der Waals surface area contributed by atoms with Crippen LogP contribution in [0.4, 0.5) is 17.1 Å². The van der Waals surface area contributed by atoms with E-state index in [1.807, 2.05) is 0 Å². The topological polar surface area (TPSA) is 3.24 Å². The molecule has 1 heteroatoms. The third-order valence-electron chi connectivity index (χ3n) is 10.2. The van der Waals surface area contributed by atoms with Crippen LogP contribution in [0.1, 0.15) is 36.1 Å². The zero-order valence-electron chi connectivity index (χ0n) is 28.0. The van der Waals surface area contributed by atoms with E-state index < -0.39 is 0 Å². The van der Waals surface area contributed by atoms with Crippen molar-refractivity contribution in [2.45, 2.75) is 33.1 Å². The summed E-state index contributed by atoms with van der Waals surface area (Å²) in [4.78, 5) is 2.41. The summed E-state index contributed by atoms with van der Waals surface area (Å²) in [5.41, 5.74) is 18.8. The van der Waals surface area contributed by atoms with Gasteiger partial charge in [-0.25, -0.2) is 0 Å². The van der Waals surface area contributed by atoms with E-state index in [0.29, 0.717) is 0 Å². The highest BCUT2D eigenvalue weighted by Crippen LogP contribution is 2.50. The van der Waals surface area contributed by atoms with Gasteiger partial charge in [-0.3, -0.25) is 0 Å². The molecule has 7 aromatic rings. The predicted molar refractivity (Wildman–Crippen MR) is 204 cm³/mol. The smallest absolute Gasteiger partial charge is 0.0467 e. The fourth-order valence-corrected chi connectivity index (χ4v) is 7.64. The Morgan fingerprint density at radius 3 is 1.73 bits per heavy atom. The molecular formula is C47H39N. The minimum Gasteiger partial charge on any atom is -0.310 e. The molecule has 1 aliphatic carbocycles. The van der Waals surface area contributed by atoms with Crippen molar-refractivity contribution in [2.24, 2.45) is 0 Å². The van der Waals surface area contributed by atoms with Crippen molar-refractivity contribution in [3.8, 4) is 44.5 Å². The van der Waals surface area contributed by atoms with Crippen LogP contribution >= 0.6 is 0 Å². The van der Waals surface area contributed by atoms with Gasteiger partial charge in [-0.15, -0.1) is 0 Å². The van der Waals surface area contributed by atoms with Crippen LogP contribution in [-0.2, 0) is 5.41 Å².